The average molecular weight is 276 g/mol. The van der Waals surface area contributed by atoms with Gasteiger partial charge in [-0.3, -0.25) is 0 Å². The van der Waals surface area contributed by atoms with Gasteiger partial charge in [0.15, 0.2) is 0 Å². The molecule has 2 amide bonds. The first-order valence-electron chi connectivity index (χ1n) is 7.55. The molecule has 1 heterocycles. The Labute approximate surface area is 119 Å². The summed E-state index contributed by atoms with van der Waals surface area (Å²) in [4.78, 5) is 14.2. The van der Waals surface area contributed by atoms with Crippen molar-refractivity contribution in [2.24, 2.45) is 5.92 Å². The molecule has 3 rings (SSSR count). The lowest BCUT2D eigenvalue weighted by Crippen LogP contribution is -2.43. The molecular weight excluding hydrogens is 255 g/mol. The molecule has 1 N–H and O–H groups in total. The molecule has 0 radical (unpaired) electrons. The van der Waals surface area contributed by atoms with Crippen LogP contribution < -0.4 is 5.32 Å². The number of benzene rings is 1. The predicted molar refractivity (Wildman–Crippen MR) is 75.8 cm³/mol. The summed E-state index contributed by atoms with van der Waals surface area (Å²) in [6.45, 7) is 1.71. The Morgan fingerprint density at radius 1 is 1.15 bits per heavy atom. The van der Waals surface area contributed by atoms with E-state index >= 15 is 0 Å². The summed E-state index contributed by atoms with van der Waals surface area (Å²) in [7, 11) is 0. The van der Waals surface area contributed by atoms with Crippen molar-refractivity contribution in [1.82, 2.24) is 10.2 Å². The van der Waals surface area contributed by atoms with Crippen LogP contribution in [0.25, 0.3) is 0 Å². The van der Waals surface area contributed by atoms with Gasteiger partial charge in [-0.15, -0.1) is 0 Å². The van der Waals surface area contributed by atoms with E-state index in [4.69, 9.17) is 0 Å². The molecule has 4 heteroatoms. The molecule has 2 aliphatic rings. The first-order valence-corrected chi connectivity index (χ1v) is 7.55. The summed E-state index contributed by atoms with van der Waals surface area (Å²) in [6.07, 6.45) is 5.70. The molecule has 3 nitrogen and oxygen atoms in total. The van der Waals surface area contributed by atoms with E-state index in [1.54, 1.807) is 12.1 Å². The Morgan fingerprint density at radius 3 is 2.35 bits per heavy atom. The van der Waals surface area contributed by atoms with E-state index in [0.29, 0.717) is 5.92 Å². The van der Waals surface area contributed by atoms with Crippen LogP contribution >= 0.6 is 0 Å². The largest absolute Gasteiger partial charge is 0.331 e. The lowest BCUT2D eigenvalue weighted by atomic mass is 9.77. The smallest absolute Gasteiger partial charge is 0.317 e. The number of likely N-dealkylation sites (tertiary alicyclic amines) is 1. The molecular formula is C16H21FN2O. The van der Waals surface area contributed by atoms with Crippen LogP contribution in [-0.4, -0.2) is 24.0 Å². The number of halogens is 1. The number of hydrogen-bond donors (Lipinski definition) is 1. The lowest BCUT2D eigenvalue weighted by Gasteiger charge is -2.35. The Morgan fingerprint density at radius 2 is 1.80 bits per heavy atom. The summed E-state index contributed by atoms with van der Waals surface area (Å²) < 4.78 is 13.1. The minimum Gasteiger partial charge on any atom is -0.331 e. The zero-order valence-corrected chi connectivity index (χ0v) is 11.6. The van der Waals surface area contributed by atoms with Gasteiger partial charge in [0.25, 0.3) is 0 Å². The minimum atomic E-state index is -0.230. The van der Waals surface area contributed by atoms with Gasteiger partial charge in [-0.2, -0.15) is 0 Å². The molecule has 108 valence electrons. The van der Waals surface area contributed by atoms with E-state index in [0.717, 1.165) is 44.3 Å². The van der Waals surface area contributed by atoms with Crippen molar-refractivity contribution in [2.45, 2.75) is 38.1 Å². The highest BCUT2D eigenvalue weighted by molar-refractivity contribution is 5.75. The summed E-state index contributed by atoms with van der Waals surface area (Å²) in [5.41, 5.74) is 1.02. The van der Waals surface area contributed by atoms with Crippen LogP contribution in [0.1, 0.15) is 43.7 Å². The molecule has 1 aliphatic carbocycles. The molecule has 0 spiro atoms. The van der Waals surface area contributed by atoms with Gasteiger partial charge in [0.1, 0.15) is 5.82 Å². The normalized spacial score (nSPS) is 20.6. The molecule has 1 saturated heterocycles. The molecule has 0 bridgehead atoms. The summed E-state index contributed by atoms with van der Waals surface area (Å²) in [5.74, 6) is 0.263. The SMILES string of the molecule is O=C(NC(c1ccc(F)cc1)C1CCC1)N1CCCC1. The van der Waals surface area contributed by atoms with Gasteiger partial charge in [0.05, 0.1) is 6.04 Å². The fraction of sp³-hybridized carbons (Fsp3) is 0.562. The lowest BCUT2D eigenvalue weighted by molar-refractivity contribution is 0.183. The van der Waals surface area contributed by atoms with Crippen molar-refractivity contribution in [3.05, 3.63) is 35.6 Å². The van der Waals surface area contributed by atoms with E-state index in [1.807, 2.05) is 4.90 Å². The standard InChI is InChI=1S/C16H21FN2O/c17-14-8-6-13(7-9-14)15(12-4-3-5-12)18-16(20)19-10-1-2-11-19/h6-9,12,15H,1-5,10-11H2,(H,18,20). The van der Waals surface area contributed by atoms with Crippen LogP contribution in [0.2, 0.25) is 0 Å². The maximum atomic E-state index is 13.1. The van der Waals surface area contributed by atoms with Crippen LogP contribution in [0.4, 0.5) is 9.18 Å². The molecule has 0 aromatic heterocycles. The Hall–Kier alpha value is -1.58. The first kappa shape index (κ1) is 13.4. The van der Waals surface area contributed by atoms with Crippen molar-refractivity contribution < 1.29 is 9.18 Å². The second-order valence-electron chi connectivity index (χ2n) is 5.86. The van der Waals surface area contributed by atoms with Crippen molar-refractivity contribution in [1.29, 1.82) is 0 Å². The third-order valence-electron chi connectivity index (χ3n) is 4.52. The number of nitrogens with one attached hydrogen (secondary N) is 1. The fourth-order valence-electron chi connectivity index (χ4n) is 3.06. The molecule has 1 aromatic rings. The van der Waals surface area contributed by atoms with E-state index in [9.17, 15) is 9.18 Å². The average Bonchev–Trinajstić information content (AvgIpc) is 2.90. The number of nitrogens with zero attached hydrogens (tertiary/aromatic N) is 1. The van der Waals surface area contributed by atoms with Crippen molar-refractivity contribution >= 4 is 6.03 Å². The van der Waals surface area contributed by atoms with E-state index in [-0.39, 0.29) is 17.9 Å². The molecule has 1 aromatic carbocycles. The van der Waals surface area contributed by atoms with Crippen molar-refractivity contribution in [3.63, 3.8) is 0 Å². The molecule has 2 fully saturated rings. The summed E-state index contributed by atoms with van der Waals surface area (Å²) in [5, 5.41) is 3.16. The van der Waals surface area contributed by atoms with Crippen LogP contribution in [-0.2, 0) is 0 Å². The molecule has 1 saturated carbocycles. The third-order valence-corrected chi connectivity index (χ3v) is 4.52. The second-order valence-corrected chi connectivity index (χ2v) is 5.86. The summed E-state index contributed by atoms with van der Waals surface area (Å²) in [6, 6.07) is 6.60. The second kappa shape index (κ2) is 5.81. The summed E-state index contributed by atoms with van der Waals surface area (Å²) >= 11 is 0. The van der Waals surface area contributed by atoms with Gasteiger partial charge >= 0.3 is 6.03 Å². The zero-order chi connectivity index (χ0) is 13.9. The van der Waals surface area contributed by atoms with Crippen LogP contribution in [0.15, 0.2) is 24.3 Å². The Balaban J connectivity index is 1.72. The number of carbonyl (C=O) groups is 1. The minimum absolute atomic E-state index is 0.0254. The fourth-order valence-corrected chi connectivity index (χ4v) is 3.06. The highest BCUT2D eigenvalue weighted by Crippen LogP contribution is 2.37. The number of amides is 2. The first-order chi connectivity index (χ1) is 9.74. The van der Waals surface area contributed by atoms with E-state index in [1.165, 1.54) is 18.6 Å². The number of hydrogen-bond acceptors (Lipinski definition) is 1. The van der Waals surface area contributed by atoms with E-state index in [2.05, 4.69) is 5.32 Å². The molecule has 1 unspecified atom stereocenters. The van der Waals surface area contributed by atoms with Crippen LogP contribution in [0.5, 0.6) is 0 Å². The highest BCUT2D eigenvalue weighted by atomic mass is 19.1. The quantitative estimate of drug-likeness (QED) is 0.900. The maximum Gasteiger partial charge on any atom is 0.317 e. The number of urea groups is 1. The number of carbonyl (C=O) groups excluding carboxylic acids is 1. The topological polar surface area (TPSA) is 32.3 Å². The zero-order valence-electron chi connectivity index (χ0n) is 11.6. The monoisotopic (exact) mass is 276 g/mol. The van der Waals surface area contributed by atoms with Gasteiger partial charge in [0.2, 0.25) is 0 Å². The van der Waals surface area contributed by atoms with Gasteiger partial charge in [-0.25, -0.2) is 9.18 Å². The molecule has 1 aliphatic heterocycles. The number of rotatable bonds is 3. The molecule has 1 atom stereocenters. The Bertz CT molecular complexity index is 464. The van der Waals surface area contributed by atoms with Gasteiger partial charge in [-0.1, -0.05) is 18.6 Å². The van der Waals surface area contributed by atoms with Crippen LogP contribution in [0.3, 0.4) is 0 Å². The predicted octanol–water partition coefficient (Wildman–Crippen LogP) is 3.47. The van der Waals surface area contributed by atoms with Gasteiger partial charge in [-0.05, 0) is 49.3 Å². The van der Waals surface area contributed by atoms with Crippen LogP contribution in [0, 0.1) is 11.7 Å². The highest BCUT2D eigenvalue weighted by Gasteiger charge is 2.31. The molecule has 20 heavy (non-hydrogen) atoms. The van der Waals surface area contributed by atoms with Crippen molar-refractivity contribution in [3.8, 4) is 0 Å². The third kappa shape index (κ3) is 2.79. The maximum absolute atomic E-state index is 13.1. The Kier molecular flexibility index (Phi) is 3.90. The van der Waals surface area contributed by atoms with Crippen molar-refractivity contribution in [2.75, 3.05) is 13.1 Å². The van der Waals surface area contributed by atoms with Gasteiger partial charge in [0, 0.05) is 13.1 Å². The van der Waals surface area contributed by atoms with E-state index < -0.39 is 0 Å². The van der Waals surface area contributed by atoms with Gasteiger partial charge < -0.3 is 10.2 Å².